The number of likely N-dealkylation sites (tertiary alicyclic amines) is 1. The first kappa shape index (κ1) is 34.4. The smallest absolute Gasteiger partial charge is 0.243 e. The van der Waals surface area contributed by atoms with E-state index in [4.69, 9.17) is 9.47 Å². The normalized spacial score (nSPS) is 23.5. The average Bonchev–Trinajstić information content (AvgIpc) is 3.58. The molecule has 4 atom stereocenters. The van der Waals surface area contributed by atoms with Gasteiger partial charge >= 0.3 is 0 Å². The van der Waals surface area contributed by atoms with Crippen molar-refractivity contribution in [3.8, 4) is 17.2 Å². The topological polar surface area (TPSA) is 91.3 Å². The molecular weight excluding hydrogens is 651 g/mol. The lowest BCUT2D eigenvalue weighted by Gasteiger charge is -2.35. The summed E-state index contributed by atoms with van der Waals surface area (Å²) in [6, 6.07) is 31.4. The van der Waals surface area contributed by atoms with E-state index in [-0.39, 0.29) is 23.8 Å². The number of carbonyl (C=O) groups is 2. The number of hydrogen-bond acceptors (Lipinski definition) is 7. The third kappa shape index (κ3) is 7.74. The molecule has 1 aliphatic carbocycles. The monoisotopic (exact) mass is 699 g/mol. The molecule has 0 unspecified atom stereocenters. The maximum Gasteiger partial charge on any atom is 0.243 e. The first-order valence-corrected chi connectivity index (χ1v) is 19.1. The fourth-order valence-corrected chi connectivity index (χ4v) is 9.01. The van der Waals surface area contributed by atoms with Crippen LogP contribution in [0.3, 0.4) is 0 Å². The summed E-state index contributed by atoms with van der Waals surface area (Å²) in [4.78, 5) is 28.6. The first-order valence-electron chi connectivity index (χ1n) is 19.1. The number of hydrogen-bond donors (Lipinski definition) is 2. The van der Waals surface area contributed by atoms with E-state index < -0.39 is 0 Å². The van der Waals surface area contributed by atoms with Gasteiger partial charge in [-0.15, -0.1) is 0 Å². The number of aryl methyl sites for hydroxylation is 1. The second-order valence-electron chi connectivity index (χ2n) is 15.1. The molecule has 4 aliphatic rings. The molecule has 2 saturated heterocycles. The van der Waals surface area contributed by atoms with Crippen LogP contribution >= 0.6 is 0 Å². The van der Waals surface area contributed by atoms with Gasteiger partial charge in [-0.1, -0.05) is 54.6 Å². The van der Waals surface area contributed by atoms with Crippen LogP contribution in [0.5, 0.6) is 17.2 Å². The van der Waals surface area contributed by atoms with E-state index in [9.17, 15) is 14.7 Å². The van der Waals surface area contributed by atoms with E-state index >= 15 is 0 Å². The second-order valence-corrected chi connectivity index (χ2v) is 15.1. The van der Waals surface area contributed by atoms with Gasteiger partial charge in [-0.3, -0.25) is 24.7 Å². The lowest BCUT2D eigenvalue weighted by Crippen LogP contribution is -2.50. The van der Waals surface area contributed by atoms with E-state index in [0.29, 0.717) is 50.2 Å². The molecule has 2 amide bonds. The van der Waals surface area contributed by atoms with Gasteiger partial charge in [0.25, 0.3) is 0 Å². The summed E-state index contributed by atoms with van der Waals surface area (Å²) in [5.74, 6) is 2.99. The van der Waals surface area contributed by atoms with Crippen molar-refractivity contribution in [1.82, 2.24) is 15.1 Å². The zero-order chi connectivity index (χ0) is 35.4. The van der Waals surface area contributed by atoms with E-state index in [1.54, 1.807) is 0 Å². The Hall–Kier alpha value is -4.66. The Morgan fingerprint density at radius 1 is 0.750 bits per heavy atom. The standard InChI is InChI=1S/C44H49N3O5/c48-36-12-17-40-33(25-36)11-16-39(31-6-2-1-3-7-31)43(40)32-8-13-37(14-9-32)52-24-22-46-21-4-5-30(27-46)20-23-51-38-15-10-34-28-47(29-35(34)26-38)41-18-19-42(49)45-44(41)50/h1-3,6-10,12-15,17,25-26,30,39,41,43,48H,4-5,11,16,18-24,27-29H2,(H,45,49,50)/t30-,39+,41+,43-/m1/s1. The third-order valence-corrected chi connectivity index (χ3v) is 11.7. The molecule has 0 spiro atoms. The number of amides is 2. The molecule has 0 saturated carbocycles. The van der Waals surface area contributed by atoms with Crippen molar-refractivity contribution in [2.24, 2.45) is 5.92 Å². The molecule has 0 radical (unpaired) electrons. The number of rotatable bonds is 11. The highest BCUT2D eigenvalue weighted by Crippen LogP contribution is 2.47. The Morgan fingerprint density at radius 3 is 2.40 bits per heavy atom. The first-order chi connectivity index (χ1) is 25.5. The maximum atomic E-state index is 12.4. The summed E-state index contributed by atoms with van der Waals surface area (Å²) in [7, 11) is 0. The van der Waals surface area contributed by atoms with Crippen LogP contribution in [0, 0.1) is 5.92 Å². The van der Waals surface area contributed by atoms with Crippen LogP contribution in [0.2, 0.25) is 0 Å². The second kappa shape index (κ2) is 15.5. The summed E-state index contributed by atoms with van der Waals surface area (Å²) in [6.45, 7) is 5.86. The number of fused-ring (bicyclic) bond motifs is 2. The minimum Gasteiger partial charge on any atom is -0.508 e. The highest BCUT2D eigenvalue weighted by Gasteiger charge is 2.35. The molecule has 8 rings (SSSR count). The molecule has 52 heavy (non-hydrogen) atoms. The average molecular weight is 700 g/mol. The molecule has 4 aromatic rings. The molecule has 8 nitrogen and oxygen atoms in total. The summed E-state index contributed by atoms with van der Waals surface area (Å²) in [5.41, 5.74) is 7.63. The van der Waals surface area contributed by atoms with Gasteiger partial charge in [0, 0.05) is 38.5 Å². The van der Waals surface area contributed by atoms with Crippen molar-refractivity contribution in [2.45, 2.75) is 75.9 Å². The molecule has 270 valence electrons. The molecule has 3 aliphatic heterocycles. The minimum absolute atomic E-state index is 0.173. The van der Waals surface area contributed by atoms with Crippen LogP contribution in [0.1, 0.15) is 83.7 Å². The number of phenolic OH excluding ortho intramolecular Hbond substituents is 1. The Bertz CT molecular complexity index is 1880. The number of piperidine rings is 2. The predicted octanol–water partition coefficient (Wildman–Crippen LogP) is 6.93. The third-order valence-electron chi connectivity index (χ3n) is 11.7. The van der Waals surface area contributed by atoms with Crippen molar-refractivity contribution < 1.29 is 24.2 Å². The Morgan fingerprint density at radius 2 is 1.56 bits per heavy atom. The zero-order valence-corrected chi connectivity index (χ0v) is 29.8. The lowest BCUT2D eigenvalue weighted by molar-refractivity contribution is -0.137. The van der Waals surface area contributed by atoms with Gasteiger partial charge < -0.3 is 14.6 Å². The molecule has 0 bridgehead atoms. The van der Waals surface area contributed by atoms with Crippen molar-refractivity contribution in [3.63, 3.8) is 0 Å². The quantitative estimate of drug-likeness (QED) is 0.164. The van der Waals surface area contributed by atoms with Crippen LogP contribution in [0.15, 0.2) is 91.0 Å². The number of ether oxygens (including phenoxy) is 2. The number of nitrogens with one attached hydrogen (secondary N) is 1. The summed E-state index contributed by atoms with van der Waals surface area (Å²) in [6.07, 6.45) is 6.44. The Balaban J connectivity index is 0.804. The van der Waals surface area contributed by atoms with Gasteiger partial charge in [-0.05, 0) is 127 Å². The molecular formula is C44H49N3O5. The number of aromatic hydroxyl groups is 1. The lowest BCUT2D eigenvalue weighted by atomic mass is 9.69. The maximum absolute atomic E-state index is 12.4. The van der Waals surface area contributed by atoms with Gasteiger partial charge in [-0.25, -0.2) is 0 Å². The van der Waals surface area contributed by atoms with Gasteiger partial charge in [-0.2, -0.15) is 0 Å². The van der Waals surface area contributed by atoms with Crippen LogP contribution in [-0.2, 0) is 29.1 Å². The number of imide groups is 1. The number of carbonyl (C=O) groups excluding carboxylic acids is 2. The van der Waals surface area contributed by atoms with Gasteiger partial charge in [0.1, 0.15) is 23.9 Å². The minimum atomic E-state index is -0.245. The van der Waals surface area contributed by atoms with Crippen LogP contribution in [-0.4, -0.2) is 65.6 Å². The van der Waals surface area contributed by atoms with Crippen LogP contribution in [0.4, 0.5) is 0 Å². The van der Waals surface area contributed by atoms with Crippen molar-refractivity contribution in [3.05, 3.63) is 124 Å². The van der Waals surface area contributed by atoms with Gasteiger partial charge in [0.15, 0.2) is 0 Å². The Kier molecular flexibility index (Phi) is 10.3. The fraction of sp³-hybridized carbons (Fsp3) is 0.409. The van der Waals surface area contributed by atoms with E-state index in [2.05, 4.69) is 87.9 Å². The number of benzene rings is 4. The molecule has 0 aromatic heterocycles. The Labute approximate surface area is 306 Å². The summed E-state index contributed by atoms with van der Waals surface area (Å²) >= 11 is 0. The molecule has 2 fully saturated rings. The van der Waals surface area contributed by atoms with Crippen LogP contribution < -0.4 is 14.8 Å². The number of phenols is 1. The van der Waals surface area contributed by atoms with E-state index in [0.717, 1.165) is 56.9 Å². The van der Waals surface area contributed by atoms with E-state index in [1.807, 2.05) is 18.2 Å². The zero-order valence-electron chi connectivity index (χ0n) is 29.8. The van der Waals surface area contributed by atoms with E-state index in [1.165, 1.54) is 46.2 Å². The van der Waals surface area contributed by atoms with Crippen molar-refractivity contribution in [1.29, 1.82) is 0 Å². The fourth-order valence-electron chi connectivity index (χ4n) is 9.01. The van der Waals surface area contributed by atoms with Crippen molar-refractivity contribution in [2.75, 3.05) is 32.8 Å². The highest BCUT2D eigenvalue weighted by molar-refractivity contribution is 6.00. The molecule has 8 heteroatoms. The molecule has 3 heterocycles. The molecule has 2 N–H and O–H groups in total. The van der Waals surface area contributed by atoms with Crippen LogP contribution in [0.25, 0.3) is 0 Å². The molecule has 4 aromatic carbocycles. The summed E-state index contributed by atoms with van der Waals surface area (Å²) < 4.78 is 12.5. The highest BCUT2D eigenvalue weighted by atomic mass is 16.5. The number of nitrogens with zero attached hydrogens (tertiary/aromatic N) is 2. The van der Waals surface area contributed by atoms with Crippen molar-refractivity contribution >= 4 is 11.8 Å². The largest absolute Gasteiger partial charge is 0.508 e. The van der Waals surface area contributed by atoms with Gasteiger partial charge in [0.05, 0.1) is 12.6 Å². The SMILES string of the molecule is O=C1CC[C@H](N2Cc3ccc(OCC[C@H]4CCCN(CCOc5ccc([C@H]6c7ccc(O)cc7CC[C@H]6c6ccccc6)cc5)C4)cc3C2)C(=O)N1. The van der Waals surface area contributed by atoms with Gasteiger partial charge in [0.2, 0.25) is 11.8 Å². The predicted molar refractivity (Wildman–Crippen MR) is 201 cm³/mol. The summed E-state index contributed by atoms with van der Waals surface area (Å²) in [5, 5.41) is 12.7.